The van der Waals surface area contributed by atoms with Crippen molar-refractivity contribution >= 4 is 11.7 Å². The van der Waals surface area contributed by atoms with Gasteiger partial charge in [0.25, 0.3) is 5.91 Å². The van der Waals surface area contributed by atoms with Crippen molar-refractivity contribution in [3.8, 4) is 0 Å². The van der Waals surface area contributed by atoms with Gasteiger partial charge in [0.1, 0.15) is 5.82 Å². The van der Waals surface area contributed by atoms with E-state index >= 15 is 0 Å². The zero-order valence-electron chi connectivity index (χ0n) is 11.9. The van der Waals surface area contributed by atoms with Crippen molar-refractivity contribution in [3.05, 3.63) is 23.4 Å². The predicted octanol–water partition coefficient (Wildman–Crippen LogP) is 2.69. The highest BCUT2D eigenvalue weighted by molar-refractivity contribution is 5.95. The molecule has 1 amide bonds. The number of nitrogens with zero attached hydrogens (tertiary/aromatic N) is 2. The molecule has 18 heavy (non-hydrogen) atoms. The van der Waals surface area contributed by atoms with Gasteiger partial charge in [0.15, 0.2) is 0 Å². The van der Waals surface area contributed by atoms with E-state index in [0.717, 1.165) is 24.5 Å². The van der Waals surface area contributed by atoms with Crippen molar-refractivity contribution in [2.45, 2.75) is 40.2 Å². The van der Waals surface area contributed by atoms with E-state index < -0.39 is 0 Å². The van der Waals surface area contributed by atoms with Crippen LogP contribution in [0.5, 0.6) is 0 Å². The summed E-state index contributed by atoms with van der Waals surface area (Å²) in [6.07, 6.45) is 0.961. The Balaban J connectivity index is 3.05. The van der Waals surface area contributed by atoms with Crippen LogP contribution in [0, 0.1) is 6.92 Å². The molecule has 100 valence electrons. The van der Waals surface area contributed by atoms with Crippen LogP contribution in [-0.2, 0) is 0 Å². The molecular weight excluding hydrogens is 226 g/mol. The second kappa shape index (κ2) is 6.38. The molecule has 1 unspecified atom stereocenters. The van der Waals surface area contributed by atoms with Crippen LogP contribution < -0.4 is 5.32 Å². The molecule has 4 heteroatoms. The van der Waals surface area contributed by atoms with Gasteiger partial charge in [-0.3, -0.25) is 4.79 Å². The van der Waals surface area contributed by atoms with Gasteiger partial charge in [0.05, 0.1) is 0 Å². The molecule has 0 bridgehead atoms. The first kappa shape index (κ1) is 14.5. The van der Waals surface area contributed by atoms with Crippen LogP contribution in [-0.4, -0.2) is 35.4 Å². The predicted molar refractivity (Wildman–Crippen MR) is 75.0 cm³/mol. The molecule has 1 atom stereocenters. The third kappa shape index (κ3) is 3.22. The Bertz CT molecular complexity index is 418. The number of nitrogens with one attached hydrogen (secondary N) is 1. The fraction of sp³-hybridized carbons (Fsp3) is 0.571. The van der Waals surface area contributed by atoms with Crippen LogP contribution >= 0.6 is 0 Å². The van der Waals surface area contributed by atoms with E-state index in [2.05, 4.69) is 24.1 Å². The first-order valence-electron chi connectivity index (χ1n) is 6.50. The van der Waals surface area contributed by atoms with Gasteiger partial charge in [-0.15, -0.1) is 0 Å². The summed E-state index contributed by atoms with van der Waals surface area (Å²) < 4.78 is 0. The Hall–Kier alpha value is -1.58. The quantitative estimate of drug-likeness (QED) is 0.872. The number of aromatic nitrogens is 1. The van der Waals surface area contributed by atoms with Crippen LogP contribution in [0.4, 0.5) is 5.82 Å². The maximum atomic E-state index is 12.5. The topological polar surface area (TPSA) is 45.2 Å². The van der Waals surface area contributed by atoms with Gasteiger partial charge in [-0.25, -0.2) is 4.98 Å². The first-order valence-corrected chi connectivity index (χ1v) is 6.50. The Morgan fingerprint density at radius 2 is 2.11 bits per heavy atom. The van der Waals surface area contributed by atoms with Crippen LogP contribution in [0.15, 0.2) is 12.1 Å². The highest BCUT2D eigenvalue weighted by atomic mass is 16.2. The zero-order chi connectivity index (χ0) is 13.7. The van der Waals surface area contributed by atoms with Crippen LogP contribution in [0.2, 0.25) is 0 Å². The van der Waals surface area contributed by atoms with Crippen molar-refractivity contribution in [1.29, 1.82) is 0 Å². The molecule has 0 aromatic carbocycles. The molecule has 0 fully saturated rings. The van der Waals surface area contributed by atoms with Gasteiger partial charge >= 0.3 is 0 Å². The molecule has 0 radical (unpaired) electrons. The molecule has 0 spiro atoms. The number of hydrogen-bond acceptors (Lipinski definition) is 3. The third-order valence-corrected chi connectivity index (χ3v) is 3.18. The minimum atomic E-state index is 0.0776. The summed E-state index contributed by atoms with van der Waals surface area (Å²) in [7, 11) is 1.81. The number of amides is 1. The maximum absolute atomic E-state index is 12.5. The molecule has 0 aliphatic heterocycles. The van der Waals surface area contributed by atoms with Gasteiger partial charge in [-0.2, -0.15) is 0 Å². The molecule has 4 nitrogen and oxygen atoms in total. The molecule has 0 aliphatic rings. The third-order valence-electron chi connectivity index (χ3n) is 3.18. The Kier molecular flexibility index (Phi) is 5.13. The summed E-state index contributed by atoms with van der Waals surface area (Å²) in [5.41, 5.74) is 1.56. The van der Waals surface area contributed by atoms with E-state index in [-0.39, 0.29) is 11.9 Å². The Morgan fingerprint density at radius 3 is 2.61 bits per heavy atom. The molecule has 1 N–H and O–H groups in total. The van der Waals surface area contributed by atoms with Crippen molar-refractivity contribution in [2.75, 3.05) is 18.9 Å². The van der Waals surface area contributed by atoms with E-state index in [9.17, 15) is 4.79 Å². The molecule has 1 rings (SSSR count). The molecule has 1 aromatic heterocycles. The number of pyridine rings is 1. The lowest BCUT2D eigenvalue weighted by molar-refractivity contribution is 0.0700. The van der Waals surface area contributed by atoms with Crippen molar-refractivity contribution < 1.29 is 4.79 Å². The molecule has 0 saturated carbocycles. The van der Waals surface area contributed by atoms with Crippen molar-refractivity contribution in [1.82, 2.24) is 9.88 Å². The number of carbonyl (C=O) groups excluding carboxylic acids is 1. The molecule has 0 saturated heterocycles. The lowest BCUT2D eigenvalue weighted by atomic mass is 10.1. The summed E-state index contributed by atoms with van der Waals surface area (Å²) in [4.78, 5) is 18.7. The normalized spacial score (nSPS) is 12.1. The van der Waals surface area contributed by atoms with E-state index in [4.69, 9.17) is 0 Å². The first-order chi connectivity index (χ1) is 8.53. The second-order valence-corrected chi connectivity index (χ2v) is 4.48. The minimum Gasteiger partial charge on any atom is -0.373 e. The average molecular weight is 249 g/mol. The van der Waals surface area contributed by atoms with Crippen molar-refractivity contribution in [2.24, 2.45) is 0 Å². The van der Waals surface area contributed by atoms with Gasteiger partial charge in [-0.05, 0) is 39.3 Å². The fourth-order valence-electron chi connectivity index (χ4n) is 1.96. The maximum Gasteiger partial charge on any atom is 0.254 e. The SMILES string of the molecule is CCC(C)N(CC)C(=O)c1cc(C)nc(NC)c1. The number of rotatable bonds is 5. The van der Waals surface area contributed by atoms with E-state index in [1.54, 1.807) is 6.07 Å². The summed E-state index contributed by atoms with van der Waals surface area (Å²) in [5.74, 6) is 0.812. The van der Waals surface area contributed by atoms with Crippen LogP contribution in [0.1, 0.15) is 43.2 Å². The van der Waals surface area contributed by atoms with Gasteiger partial charge in [0.2, 0.25) is 0 Å². The van der Waals surface area contributed by atoms with Crippen molar-refractivity contribution in [3.63, 3.8) is 0 Å². The highest BCUT2D eigenvalue weighted by Gasteiger charge is 2.19. The Morgan fingerprint density at radius 1 is 1.44 bits per heavy atom. The lowest BCUT2D eigenvalue weighted by Gasteiger charge is -2.27. The van der Waals surface area contributed by atoms with Gasteiger partial charge in [-0.1, -0.05) is 6.92 Å². The smallest absolute Gasteiger partial charge is 0.254 e. The fourth-order valence-corrected chi connectivity index (χ4v) is 1.96. The molecule has 0 aliphatic carbocycles. The Labute approximate surface area is 109 Å². The number of carbonyl (C=O) groups is 1. The summed E-state index contributed by atoms with van der Waals surface area (Å²) in [5, 5.41) is 2.98. The number of aryl methyl sites for hydroxylation is 1. The largest absolute Gasteiger partial charge is 0.373 e. The lowest BCUT2D eigenvalue weighted by Crippen LogP contribution is -2.38. The number of hydrogen-bond donors (Lipinski definition) is 1. The molecule has 1 heterocycles. The highest BCUT2D eigenvalue weighted by Crippen LogP contribution is 2.14. The summed E-state index contributed by atoms with van der Waals surface area (Å²) >= 11 is 0. The van der Waals surface area contributed by atoms with Crippen LogP contribution in [0.25, 0.3) is 0 Å². The van der Waals surface area contributed by atoms with E-state index in [1.807, 2.05) is 31.9 Å². The van der Waals surface area contributed by atoms with E-state index in [1.165, 1.54) is 0 Å². The monoisotopic (exact) mass is 249 g/mol. The molecular formula is C14H23N3O. The molecule has 1 aromatic rings. The summed E-state index contributed by atoms with van der Waals surface area (Å²) in [6.45, 7) is 8.81. The summed E-state index contributed by atoms with van der Waals surface area (Å²) in [6, 6.07) is 3.91. The second-order valence-electron chi connectivity index (χ2n) is 4.48. The van der Waals surface area contributed by atoms with E-state index in [0.29, 0.717) is 5.56 Å². The number of anilines is 1. The minimum absolute atomic E-state index is 0.0776. The zero-order valence-corrected chi connectivity index (χ0v) is 11.9. The van der Waals surface area contributed by atoms with Crippen LogP contribution in [0.3, 0.4) is 0 Å². The average Bonchev–Trinajstić information content (AvgIpc) is 2.38. The van der Waals surface area contributed by atoms with Gasteiger partial charge in [0, 0.05) is 30.9 Å². The standard InChI is InChI=1S/C14H23N3O/c1-6-11(4)17(7-2)14(18)12-8-10(3)16-13(9-12)15-5/h8-9,11H,6-7H2,1-5H3,(H,15,16). The van der Waals surface area contributed by atoms with Gasteiger partial charge < -0.3 is 10.2 Å².